The first-order valence-corrected chi connectivity index (χ1v) is 6.87. The molecule has 2 amide bonds. The summed E-state index contributed by atoms with van der Waals surface area (Å²) >= 11 is 5.80. The van der Waals surface area contributed by atoms with Crippen molar-refractivity contribution in [3.63, 3.8) is 0 Å². The number of rotatable bonds is 2. The maximum Gasteiger partial charge on any atom is 0.407 e. The Labute approximate surface area is 122 Å². The van der Waals surface area contributed by atoms with E-state index in [0.29, 0.717) is 36.5 Å². The van der Waals surface area contributed by atoms with Gasteiger partial charge in [0.05, 0.1) is 0 Å². The molecule has 1 saturated heterocycles. The summed E-state index contributed by atoms with van der Waals surface area (Å²) in [6, 6.07) is 6.86. The van der Waals surface area contributed by atoms with Crippen LogP contribution in [-0.2, 0) is 0 Å². The van der Waals surface area contributed by atoms with E-state index in [2.05, 4.69) is 0 Å². The van der Waals surface area contributed by atoms with Crippen LogP contribution in [0.1, 0.15) is 23.2 Å². The standard InChI is InChI=1S/C14H17ClN2O3/c1-16(12-6-8-17(9-7-12)14(19)20)13(18)10-2-4-11(15)5-3-10/h2-5,12H,6-9H2,1H3,(H,19,20). The second-order valence-electron chi connectivity index (χ2n) is 4.92. The minimum atomic E-state index is -0.893. The van der Waals surface area contributed by atoms with Crippen molar-refractivity contribution in [2.45, 2.75) is 18.9 Å². The zero-order valence-corrected chi connectivity index (χ0v) is 12.0. The fraction of sp³-hybridized carbons (Fsp3) is 0.429. The highest BCUT2D eigenvalue weighted by Gasteiger charge is 2.27. The Bertz CT molecular complexity index is 496. The number of amides is 2. The molecule has 0 saturated carbocycles. The summed E-state index contributed by atoms with van der Waals surface area (Å²) in [7, 11) is 1.76. The zero-order chi connectivity index (χ0) is 14.7. The molecule has 20 heavy (non-hydrogen) atoms. The third-order valence-electron chi connectivity index (χ3n) is 3.69. The van der Waals surface area contributed by atoms with Gasteiger partial charge in [-0.2, -0.15) is 0 Å². The lowest BCUT2D eigenvalue weighted by Crippen LogP contribution is -2.46. The molecule has 0 aliphatic carbocycles. The quantitative estimate of drug-likeness (QED) is 0.912. The summed E-state index contributed by atoms with van der Waals surface area (Å²) in [5.41, 5.74) is 0.595. The summed E-state index contributed by atoms with van der Waals surface area (Å²) < 4.78 is 0. The zero-order valence-electron chi connectivity index (χ0n) is 11.3. The smallest absolute Gasteiger partial charge is 0.407 e. The first-order valence-electron chi connectivity index (χ1n) is 6.49. The Kier molecular flexibility index (Phi) is 4.49. The number of carboxylic acid groups (broad SMARTS) is 1. The molecule has 1 aromatic carbocycles. The van der Waals surface area contributed by atoms with Crippen molar-refractivity contribution in [1.29, 1.82) is 0 Å². The van der Waals surface area contributed by atoms with E-state index >= 15 is 0 Å². The fourth-order valence-corrected chi connectivity index (χ4v) is 2.53. The van der Waals surface area contributed by atoms with Crippen LogP contribution in [-0.4, -0.2) is 53.1 Å². The SMILES string of the molecule is CN(C(=O)c1ccc(Cl)cc1)C1CCN(C(=O)O)CC1. The number of carbonyl (C=O) groups is 2. The molecule has 1 fully saturated rings. The number of nitrogens with zero attached hydrogens (tertiary/aromatic N) is 2. The number of hydrogen-bond donors (Lipinski definition) is 1. The Morgan fingerprint density at radius 1 is 1.25 bits per heavy atom. The fourth-order valence-electron chi connectivity index (χ4n) is 2.41. The molecule has 1 heterocycles. The van der Waals surface area contributed by atoms with Crippen molar-refractivity contribution in [1.82, 2.24) is 9.80 Å². The number of piperidine rings is 1. The lowest BCUT2D eigenvalue weighted by Gasteiger charge is -2.35. The van der Waals surface area contributed by atoms with Gasteiger partial charge in [0.1, 0.15) is 0 Å². The number of carbonyl (C=O) groups excluding carboxylic acids is 1. The maximum absolute atomic E-state index is 12.3. The van der Waals surface area contributed by atoms with Crippen molar-refractivity contribution < 1.29 is 14.7 Å². The molecule has 0 unspecified atom stereocenters. The number of halogens is 1. The molecular weight excluding hydrogens is 280 g/mol. The van der Waals surface area contributed by atoms with Gasteiger partial charge in [0.15, 0.2) is 0 Å². The molecule has 5 nitrogen and oxygen atoms in total. The molecule has 0 radical (unpaired) electrons. The van der Waals surface area contributed by atoms with E-state index < -0.39 is 6.09 Å². The number of likely N-dealkylation sites (tertiary alicyclic amines) is 1. The second kappa shape index (κ2) is 6.13. The van der Waals surface area contributed by atoms with Gasteiger partial charge < -0.3 is 14.9 Å². The molecule has 1 aliphatic heterocycles. The van der Waals surface area contributed by atoms with Crippen LogP contribution in [0, 0.1) is 0 Å². The minimum absolute atomic E-state index is 0.0598. The van der Waals surface area contributed by atoms with Gasteiger partial charge in [-0.1, -0.05) is 11.6 Å². The van der Waals surface area contributed by atoms with E-state index in [9.17, 15) is 9.59 Å². The monoisotopic (exact) mass is 296 g/mol. The molecular formula is C14H17ClN2O3. The van der Waals surface area contributed by atoms with Crippen LogP contribution < -0.4 is 0 Å². The van der Waals surface area contributed by atoms with Gasteiger partial charge in [-0.05, 0) is 37.1 Å². The molecule has 0 atom stereocenters. The van der Waals surface area contributed by atoms with E-state index in [1.807, 2.05) is 0 Å². The highest BCUT2D eigenvalue weighted by atomic mass is 35.5. The van der Waals surface area contributed by atoms with Crippen molar-refractivity contribution in [3.8, 4) is 0 Å². The summed E-state index contributed by atoms with van der Waals surface area (Å²) in [6.07, 6.45) is 0.444. The molecule has 0 bridgehead atoms. The average Bonchev–Trinajstić information content (AvgIpc) is 2.46. The Balaban J connectivity index is 1.98. The van der Waals surface area contributed by atoms with E-state index in [1.54, 1.807) is 36.2 Å². The van der Waals surface area contributed by atoms with Gasteiger partial charge in [-0.15, -0.1) is 0 Å². The van der Waals surface area contributed by atoms with Crippen molar-refractivity contribution in [2.24, 2.45) is 0 Å². The largest absolute Gasteiger partial charge is 0.465 e. The van der Waals surface area contributed by atoms with Gasteiger partial charge >= 0.3 is 6.09 Å². The van der Waals surface area contributed by atoms with Gasteiger partial charge in [-0.25, -0.2) is 4.79 Å². The molecule has 1 aliphatic rings. The van der Waals surface area contributed by atoms with Gasteiger partial charge in [-0.3, -0.25) is 4.79 Å². The summed E-state index contributed by atoms with van der Waals surface area (Å²) in [5.74, 6) is -0.0598. The van der Waals surface area contributed by atoms with Crippen LogP contribution in [0.15, 0.2) is 24.3 Å². The highest BCUT2D eigenvalue weighted by molar-refractivity contribution is 6.30. The van der Waals surface area contributed by atoms with E-state index in [-0.39, 0.29) is 11.9 Å². The Hall–Kier alpha value is -1.75. The van der Waals surface area contributed by atoms with Crippen LogP contribution in [0.5, 0.6) is 0 Å². The Morgan fingerprint density at radius 2 is 1.80 bits per heavy atom. The molecule has 1 N–H and O–H groups in total. The van der Waals surface area contributed by atoms with Crippen LogP contribution in [0.25, 0.3) is 0 Å². The minimum Gasteiger partial charge on any atom is -0.465 e. The van der Waals surface area contributed by atoms with Gasteiger partial charge in [0.25, 0.3) is 5.91 Å². The van der Waals surface area contributed by atoms with E-state index in [0.717, 1.165) is 0 Å². The molecule has 2 rings (SSSR count). The maximum atomic E-state index is 12.3. The topological polar surface area (TPSA) is 60.9 Å². The summed E-state index contributed by atoms with van der Waals surface area (Å²) in [4.78, 5) is 26.3. The lowest BCUT2D eigenvalue weighted by molar-refractivity contribution is 0.0641. The van der Waals surface area contributed by atoms with Crippen LogP contribution in [0.2, 0.25) is 5.02 Å². The number of hydrogen-bond acceptors (Lipinski definition) is 2. The van der Waals surface area contributed by atoms with Crippen molar-refractivity contribution >= 4 is 23.6 Å². The summed E-state index contributed by atoms with van der Waals surface area (Å²) in [6.45, 7) is 0.941. The summed E-state index contributed by atoms with van der Waals surface area (Å²) in [5, 5.41) is 9.51. The first-order chi connectivity index (χ1) is 9.49. The van der Waals surface area contributed by atoms with Gasteiger partial charge in [0.2, 0.25) is 0 Å². The van der Waals surface area contributed by atoms with E-state index in [1.165, 1.54) is 4.90 Å². The van der Waals surface area contributed by atoms with E-state index in [4.69, 9.17) is 16.7 Å². The molecule has 0 spiro atoms. The third-order valence-corrected chi connectivity index (χ3v) is 3.95. The van der Waals surface area contributed by atoms with Crippen LogP contribution in [0.4, 0.5) is 4.79 Å². The molecule has 108 valence electrons. The second-order valence-corrected chi connectivity index (χ2v) is 5.36. The van der Waals surface area contributed by atoms with Crippen LogP contribution in [0.3, 0.4) is 0 Å². The normalized spacial score (nSPS) is 16.0. The predicted molar refractivity (Wildman–Crippen MR) is 76.2 cm³/mol. The van der Waals surface area contributed by atoms with Crippen LogP contribution >= 0.6 is 11.6 Å². The predicted octanol–water partition coefficient (Wildman–Crippen LogP) is 2.55. The molecule has 0 aromatic heterocycles. The molecule has 6 heteroatoms. The first kappa shape index (κ1) is 14.7. The van der Waals surface area contributed by atoms with Crippen molar-refractivity contribution in [3.05, 3.63) is 34.9 Å². The third kappa shape index (κ3) is 3.22. The number of benzene rings is 1. The van der Waals surface area contributed by atoms with Gasteiger partial charge in [0, 0.05) is 36.8 Å². The molecule has 1 aromatic rings. The van der Waals surface area contributed by atoms with Crippen molar-refractivity contribution in [2.75, 3.05) is 20.1 Å². The highest BCUT2D eigenvalue weighted by Crippen LogP contribution is 2.18. The lowest BCUT2D eigenvalue weighted by atomic mass is 10.0. The Morgan fingerprint density at radius 3 is 2.30 bits per heavy atom. The average molecular weight is 297 g/mol.